The molecular weight excluding hydrogens is 380 g/mol. The van der Waals surface area contributed by atoms with Gasteiger partial charge in [-0.2, -0.15) is 0 Å². The van der Waals surface area contributed by atoms with Gasteiger partial charge in [-0.05, 0) is 42.5 Å². The summed E-state index contributed by atoms with van der Waals surface area (Å²) in [4.78, 5) is 41.8. The number of carbonyl (C=O) groups is 2. The average Bonchev–Trinajstić information content (AvgIpc) is 2.75. The van der Waals surface area contributed by atoms with Crippen molar-refractivity contribution in [2.24, 2.45) is 0 Å². The van der Waals surface area contributed by atoms with E-state index in [9.17, 15) is 14.4 Å². The summed E-state index contributed by atoms with van der Waals surface area (Å²) < 4.78 is 0.970. The minimum Gasteiger partial charge on any atom is -0.333 e. The fourth-order valence-corrected chi connectivity index (χ4v) is 3.10. The molecular formula is C24H24N2O4. The lowest BCUT2D eigenvalue weighted by Crippen LogP contribution is -2.34. The van der Waals surface area contributed by atoms with E-state index in [2.05, 4.69) is 5.32 Å². The van der Waals surface area contributed by atoms with Gasteiger partial charge in [0.1, 0.15) is 5.69 Å². The third-order valence-corrected chi connectivity index (χ3v) is 4.61. The number of pyridine rings is 1. The van der Waals surface area contributed by atoms with Gasteiger partial charge in [0.25, 0.3) is 0 Å². The summed E-state index contributed by atoms with van der Waals surface area (Å²) in [6, 6.07) is 22.7. The lowest BCUT2D eigenvalue weighted by molar-refractivity contribution is -0.142. The molecule has 0 aliphatic heterocycles. The molecule has 6 nitrogen and oxygen atoms in total. The van der Waals surface area contributed by atoms with Crippen LogP contribution in [-0.4, -0.2) is 16.6 Å². The Bertz CT molecular complexity index is 1060. The van der Waals surface area contributed by atoms with Gasteiger partial charge in [0.15, 0.2) is 0 Å². The molecule has 1 heterocycles. The first-order valence-electron chi connectivity index (χ1n) is 9.84. The van der Waals surface area contributed by atoms with E-state index in [0.29, 0.717) is 25.0 Å². The zero-order chi connectivity index (χ0) is 21.3. The van der Waals surface area contributed by atoms with Crippen molar-refractivity contribution in [3.05, 3.63) is 100.0 Å². The Morgan fingerprint density at radius 1 is 0.833 bits per heavy atom. The predicted octanol–water partition coefficient (Wildman–Crippen LogP) is 3.18. The minimum atomic E-state index is -0.606. The Morgan fingerprint density at radius 3 is 2.03 bits per heavy atom. The van der Waals surface area contributed by atoms with Crippen LogP contribution >= 0.6 is 0 Å². The van der Waals surface area contributed by atoms with E-state index in [1.165, 1.54) is 6.92 Å². The molecule has 0 saturated carbocycles. The highest BCUT2D eigenvalue weighted by Crippen LogP contribution is 2.10. The fourth-order valence-electron chi connectivity index (χ4n) is 3.10. The lowest BCUT2D eigenvalue weighted by atomic mass is 10.1. The number of nitrogens with one attached hydrogen (secondary N) is 1. The van der Waals surface area contributed by atoms with Crippen LogP contribution < -0.4 is 15.7 Å². The first-order chi connectivity index (χ1) is 14.5. The molecule has 154 valence electrons. The number of carbonyl (C=O) groups excluding carboxylic acids is 2. The van der Waals surface area contributed by atoms with Crippen molar-refractivity contribution in [3.63, 3.8) is 0 Å². The lowest BCUT2D eigenvalue weighted by Gasteiger charge is -2.13. The summed E-state index contributed by atoms with van der Waals surface area (Å²) in [6.45, 7) is 1.23. The summed E-state index contributed by atoms with van der Waals surface area (Å²) in [7, 11) is 0. The zero-order valence-electron chi connectivity index (χ0n) is 16.8. The summed E-state index contributed by atoms with van der Waals surface area (Å²) in [5, 5.41) is 2.63. The van der Waals surface area contributed by atoms with Crippen LogP contribution in [0.1, 0.15) is 30.2 Å². The van der Waals surface area contributed by atoms with Crippen LogP contribution in [0.3, 0.4) is 0 Å². The van der Waals surface area contributed by atoms with E-state index in [0.717, 1.165) is 15.9 Å². The second-order valence-corrected chi connectivity index (χ2v) is 6.94. The molecule has 1 N–H and O–H groups in total. The van der Waals surface area contributed by atoms with Crippen LogP contribution in [0.4, 0.5) is 5.69 Å². The molecule has 1 aromatic heterocycles. The molecule has 1 amide bonds. The largest absolute Gasteiger partial charge is 0.333 e. The second-order valence-electron chi connectivity index (χ2n) is 6.94. The Balaban J connectivity index is 1.72. The third-order valence-electron chi connectivity index (χ3n) is 4.61. The topological polar surface area (TPSA) is 77.4 Å². The van der Waals surface area contributed by atoms with Crippen LogP contribution in [0, 0.1) is 0 Å². The number of hydrogen-bond acceptors (Lipinski definition) is 4. The minimum absolute atomic E-state index is 0.0813. The number of rotatable bonds is 8. The predicted molar refractivity (Wildman–Crippen MR) is 115 cm³/mol. The smallest absolute Gasteiger partial charge is 0.330 e. The maximum absolute atomic E-state index is 12.8. The van der Waals surface area contributed by atoms with Crippen molar-refractivity contribution in [3.8, 4) is 0 Å². The van der Waals surface area contributed by atoms with Crippen LogP contribution in [0.5, 0.6) is 0 Å². The average molecular weight is 404 g/mol. The fraction of sp³-hybridized carbons (Fsp3) is 0.208. The number of benzene rings is 2. The molecule has 0 unspecified atom stereocenters. The van der Waals surface area contributed by atoms with Crippen molar-refractivity contribution >= 4 is 17.6 Å². The van der Waals surface area contributed by atoms with Gasteiger partial charge in [-0.1, -0.05) is 60.7 Å². The van der Waals surface area contributed by atoms with Gasteiger partial charge in [0.2, 0.25) is 5.91 Å². The van der Waals surface area contributed by atoms with Crippen molar-refractivity contribution in [1.82, 2.24) is 4.73 Å². The Hall–Kier alpha value is -3.67. The Labute approximate surface area is 175 Å². The van der Waals surface area contributed by atoms with E-state index >= 15 is 0 Å². The monoisotopic (exact) mass is 404 g/mol. The van der Waals surface area contributed by atoms with Gasteiger partial charge in [-0.15, -0.1) is 4.73 Å². The molecule has 0 aliphatic rings. The molecule has 0 bridgehead atoms. The molecule has 0 saturated heterocycles. The summed E-state index contributed by atoms with van der Waals surface area (Å²) in [5.41, 5.74) is 2.22. The summed E-state index contributed by atoms with van der Waals surface area (Å²) in [5.74, 6) is -0.882. The van der Waals surface area contributed by atoms with Crippen molar-refractivity contribution in [1.29, 1.82) is 0 Å². The van der Waals surface area contributed by atoms with Gasteiger partial charge in [0, 0.05) is 13.3 Å². The Kier molecular flexibility index (Phi) is 7.16. The molecule has 0 radical (unpaired) electrons. The quantitative estimate of drug-likeness (QED) is 0.626. The SMILES string of the molecule is CC(=O)On1c(CCc2ccccc2)ccc(NC(=O)CCc2ccccc2)c1=O. The molecule has 30 heavy (non-hydrogen) atoms. The van der Waals surface area contributed by atoms with Gasteiger partial charge < -0.3 is 10.2 Å². The molecule has 0 aliphatic carbocycles. The van der Waals surface area contributed by atoms with Crippen LogP contribution in [-0.2, 0) is 28.9 Å². The highest BCUT2D eigenvalue weighted by atomic mass is 16.7. The zero-order valence-corrected chi connectivity index (χ0v) is 16.8. The standard InChI is InChI=1S/C24H24N2O4/c1-18(27)30-26-21(14-12-19-8-4-2-5-9-19)15-16-22(24(26)29)25-23(28)17-13-20-10-6-3-7-11-20/h2-11,15-16H,12-14,17H2,1H3,(H,25,28). The maximum Gasteiger partial charge on any atom is 0.330 e. The van der Waals surface area contributed by atoms with Crippen molar-refractivity contribution < 1.29 is 14.4 Å². The summed E-state index contributed by atoms with van der Waals surface area (Å²) >= 11 is 0. The highest BCUT2D eigenvalue weighted by molar-refractivity contribution is 5.90. The van der Waals surface area contributed by atoms with Crippen molar-refractivity contribution in [2.75, 3.05) is 5.32 Å². The molecule has 2 aromatic carbocycles. The van der Waals surface area contributed by atoms with Gasteiger partial charge in [-0.3, -0.25) is 9.59 Å². The van der Waals surface area contributed by atoms with Crippen LogP contribution in [0.25, 0.3) is 0 Å². The molecule has 0 fully saturated rings. The summed E-state index contributed by atoms with van der Waals surface area (Å²) in [6.07, 6.45) is 2.01. The van der Waals surface area contributed by atoms with Crippen LogP contribution in [0.15, 0.2) is 77.6 Å². The maximum atomic E-state index is 12.8. The molecule has 3 aromatic rings. The number of amides is 1. The van der Waals surface area contributed by atoms with Crippen molar-refractivity contribution in [2.45, 2.75) is 32.6 Å². The van der Waals surface area contributed by atoms with Crippen LogP contribution in [0.2, 0.25) is 0 Å². The van der Waals surface area contributed by atoms with E-state index in [1.54, 1.807) is 12.1 Å². The van der Waals surface area contributed by atoms with E-state index in [4.69, 9.17) is 4.84 Å². The normalized spacial score (nSPS) is 10.4. The molecule has 6 heteroatoms. The van der Waals surface area contributed by atoms with E-state index < -0.39 is 11.5 Å². The first kappa shape index (κ1) is 21.0. The number of nitrogens with zero attached hydrogens (tertiary/aromatic N) is 1. The molecule has 0 spiro atoms. The number of aryl methyl sites for hydroxylation is 3. The van der Waals surface area contributed by atoms with Gasteiger partial charge in [-0.25, -0.2) is 4.79 Å². The number of aromatic nitrogens is 1. The highest BCUT2D eigenvalue weighted by Gasteiger charge is 2.14. The number of hydrogen-bond donors (Lipinski definition) is 1. The first-order valence-corrected chi connectivity index (χ1v) is 9.84. The van der Waals surface area contributed by atoms with E-state index in [1.807, 2.05) is 60.7 Å². The Morgan fingerprint density at radius 2 is 1.43 bits per heavy atom. The second kappa shape index (κ2) is 10.2. The molecule has 0 atom stereocenters. The van der Waals surface area contributed by atoms with Gasteiger partial charge >= 0.3 is 11.5 Å². The van der Waals surface area contributed by atoms with E-state index in [-0.39, 0.29) is 18.0 Å². The molecule has 3 rings (SSSR count). The van der Waals surface area contributed by atoms with Gasteiger partial charge in [0.05, 0.1) is 5.69 Å². The third kappa shape index (κ3) is 5.91. The number of anilines is 1.